The number of carbonyl (C=O) groups is 1. The molecule has 0 aromatic heterocycles. The summed E-state index contributed by atoms with van der Waals surface area (Å²) < 4.78 is 10.8. The monoisotopic (exact) mass is 418 g/mol. The van der Waals surface area contributed by atoms with E-state index in [9.17, 15) is 9.90 Å². The van der Waals surface area contributed by atoms with Crippen LogP contribution >= 0.6 is 0 Å². The molecule has 2 aliphatic heterocycles. The van der Waals surface area contributed by atoms with Gasteiger partial charge in [0.15, 0.2) is 0 Å². The minimum atomic E-state index is -0.463. The minimum absolute atomic E-state index is 0.183. The third-order valence-electron chi connectivity index (χ3n) is 6.51. The lowest BCUT2D eigenvalue weighted by molar-refractivity contribution is 0.00466. The van der Waals surface area contributed by atoms with Crippen molar-refractivity contribution in [2.24, 2.45) is 5.92 Å². The molecule has 2 heterocycles. The molecule has 1 aromatic rings. The number of nitrogens with zero attached hydrogens (tertiary/aromatic N) is 2. The first-order chi connectivity index (χ1) is 14.3. The molecule has 3 rings (SSSR count). The number of carbonyl (C=O) groups excluding carboxylic acids is 1. The van der Waals surface area contributed by atoms with Gasteiger partial charge >= 0.3 is 6.09 Å². The number of methoxy groups -OCH3 is 1. The molecule has 1 aromatic carbocycles. The molecule has 0 radical (unpaired) electrons. The molecule has 1 atom stereocenters. The molecule has 0 bridgehead atoms. The minimum Gasteiger partial charge on any atom is -0.497 e. The van der Waals surface area contributed by atoms with Gasteiger partial charge in [0, 0.05) is 19.1 Å². The largest absolute Gasteiger partial charge is 0.497 e. The molecule has 0 saturated carbocycles. The Balaban J connectivity index is 1.49. The Morgan fingerprint density at radius 3 is 2.17 bits per heavy atom. The highest BCUT2D eigenvalue weighted by molar-refractivity contribution is 5.68. The van der Waals surface area contributed by atoms with E-state index < -0.39 is 5.60 Å². The lowest BCUT2D eigenvalue weighted by Gasteiger charge is -2.43. The van der Waals surface area contributed by atoms with E-state index in [1.54, 1.807) is 7.11 Å². The summed E-state index contributed by atoms with van der Waals surface area (Å²) in [5.74, 6) is 1.89. The van der Waals surface area contributed by atoms with Crippen LogP contribution in [0, 0.1) is 5.92 Å². The first kappa shape index (κ1) is 22.9. The lowest BCUT2D eigenvalue weighted by Crippen LogP contribution is -2.51. The molecule has 168 valence electrons. The first-order valence-corrected chi connectivity index (χ1v) is 11.3. The third-order valence-corrected chi connectivity index (χ3v) is 6.51. The van der Waals surface area contributed by atoms with Crippen LogP contribution in [0.15, 0.2) is 24.3 Å². The molecule has 0 aliphatic carbocycles. The number of aliphatic hydroxyl groups is 1. The fraction of sp³-hybridized carbons (Fsp3) is 0.708. The number of aliphatic hydroxyl groups excluding tert-OH is 1. The standard InChI is InChI=1S/C24H38N2O4/c1-24(2,3)30-23(28)26-15-11-20(12-16-26)22(17-27)25-13-9-19(10-14-25)18-5-7-21(29-4)8-6-18/h5-8,19-20,22,27H,9-17H2,1-4H3. The van der Waals surface area contributed by atoms with Crippen LogP contribution in [0.1, 0.15) is 57.9 Å². The average Bonchev–Trinajstić information content (AvgIpc) is 2.74. The molecule has 6 heteroatoms. The lowest BCUT2D eigenvalue weighted by atomic mass is 9.85. The highest BCUT2D eigenvalue weighted by atomic mass is 16.6. The number of likely N-dealkylation sites (tertiary alicyclic amines) is 2. The summed E-state index contributed by atoms with van der Waals surface area (Å²) in [5.41, 5.74) is 0.914. The summed E-state index contributed by atoms with van der Waals surface area (Å²) in [5, 5.41) is 10.1. The van der Waals surface area contributed by atoms with E-state index in [1.165, 1.54) is 5.56 Å². The van der Waals surface area contributed by atoms with Gasteiger partial charge in [-0.3, -0.25) is 4.90 Å². The van der Waals surface area contributed by atoms with Gasteiger partial charge in [0.25, 0.3) is 0 Å². The SMILES string of the molecule is COc1ccc(C2CCN(C(CO)C3CCN(C(=O)OC(C)(C)C)CC3)CC2)cc1. The highest BCUT2D eigenvalue weighted by Gasteiger charge is 2.34. The molecule has 6 nitrogen and oxygen atoms in total. The van der Waals surface area contributed by atoms with E-state index in [2.05, 4.69) is 17.0 Å². The van der Waals surface area contributed by atoms with Crippen molar-refractivity contribution in [1.29, 1.82) is 0 Å². The molecule has 2 fully saturated rings. The maximum Gasteiger partial charge on any atom is 0.410 e. The molecular weight excluding hydrogens is 380 g/mol. The quantitative estimate of drug-likeness (QED) is 0.786. The summed E-state index contributed by atoms with van der Waals surface area (Å²) in [6, 6.07) is 8.61. The van der Waals surface area contributed by atoms with Crippen molar-refractivity contribution in [1.82, 2.24) is 9.80 Å². The molecule has 1 N–H and O–H groups in total. The average molecular weight is 419 g/mol. The van der Waals surface area contributed by atoms with Crippen molar-refractivity contribution in [3.8, 4) is 5.75 Å². The zero-order chi connectivity index (χ0) is 21.7. The summed E-state index contributed by atoms with van der Waals surface area (Å²) in [6.45, 7) is 9.31. The van der Waals surface area contributed by atoms with Gasteiger partial charge in [-0.15, -0.1) is 0 Å². The van der Waals surface area contributed by atoms with Crippen LogP contribution in [0.3, 0.4) is 0 Å². The zero-order valence-electron chi connectivity index (χ0n) is 19.0. The van der Waals surface area contributed by atoms with Gasteiger partial charge in [-0.2, -0.15) is 0 Å². The molecule has 2 saturated heterocycles. The van der Waals surface area contributed by atoms with Crippen LogP contribution in [-0.2, 0) is 4.74 Å². The second-order valence-corrected chi connectivity index (χ2v) is 9.64. The smallest absolute Gasteiger partial charge is 0.410 e. The van der Waals surface area contributed by atoms with Crippen LogP contribution in [0.5, 0.6) is 5.75 Å². The Hall–Kier alpha value is -1.79. The molecule has 30 heavy (non-hydrogen) atoms. The van der Waals surface area contributed by atoms with Crippen LogP contribution in [0.4, 0.5) is 4.79 Å². The summed E-state index contributed by atoms with van der Waals surface area (Å²) in [6.07, 6.45) is 3.84. The fourth-order valence-corrected chi connectivity index (χ4v) is 4.80. The summed E-state index contributed by atoms with van der Waals surface area (Å²) in [7, 11) is 1.69. The summed E-state index contributed by atoms with van der Waals surface area (Å²) >= 11 is 0. The molecule has 0 spiro atoms. The van der Waals surface area contributed by atoms with E-state index in [-0.39, 0.29) is 18.7 Å². The maximum absolute atomic E-state index is 12.3. The van der Waals surface area contributed by atoms with Gasteiger partial charge in [0.05, 0.1) is 13.7 Å². The van der Waals surface area contributed by atoms with E-state index in [0.29, 0.717) is 24.9 Å². The first-order valence-electron chi connectivity index (χ1n) is 11.3. The van der Waals surface area contributed by atoms with Crippen molar-refractivity contribution < 1.29 is 19.4 Å². The van der Waals surface area contributed by atoms with Crippen LogP contribution in [0.25, 0.3) is 0 Å². The third kappa shape index (κ3) is 5.88. The van der Waals surface area contributed by atoms with Crippen molar-refractivity contribution in [3.05, 3.63) is 29.8 Å². The van der Waals surface area contributed by atoms with Gasteiger partial charge in [-0.25, -0.2) is 4.79 Å². The molecule has 1 amide bonds. The predicted molar refractivity (Wildman–Crippen MR) is 118 cm³/mol. The fourth-order valence-electron chi connectivity index (χ4n) is 4.80. The Morgan fingerprint density at radius 1 is 1.07 bits per heavy atom. The van der Waals surface area contributed by atoms with Gasteiger partial charge in [0.1, 0.15) is 11.4 Å². The van der Waals surface area contributed by atoms with Crippen molar-refractivity contribution in [3.63, 3.8) is 0 Å². The normalized spacial score (nSPS) is 20.8. The Labute approximate surface area is 181 Å². The Bertz CT molecular complexity index is 669. The number of rotatable bonds is 5. The van der Waals surface area contributed by atoms with Crippen LogP contribution < -0.4 is 4.74 Å². The molecule has 2 aliphatic rings. The highest BCUT2D eigenvalue weighted by Crippen LogP contribution is 2.33. The second-order valence-electron chi connectivity index (χ2n) is 9.64. The van der Waals surface area contributed by atoms with E-state index in [4.69, 9.17) is 9.47 Å². The zero-order valence-corrected chi connectivity index (χ0v) is 19.0. The van der Waals surface area contributed by atoms with Gasteiger partial charge in [-0.1, -0.05) is 12.1 Å². The second kappa shape index (κ2) is 10.0. The van der Waals surface area contributed by atoms with Gasteiger partial charge < -0.3 is 19.5 Å². The number of amides is 1. The summed E-state index contributed by atoms with van der Waals surface area (Å²) in [4.78, 5) is 16.6. The number of benzene rings is 1. The van der Waals surface area contributed by atoms with Gasteiger partial charge in [0.2, 0.25) is 0 Å². The van der Waals surface area contributed by atoms with Crippen molar-refractivity contribution >= 4 is 6.09 Å². The molecule has 1 unspecified atom stereocenters. The number of hydrogen-bond acceptors (Lipinski definition) is 5. The number of piperidine rings is 2. The van der Waals surface area contributed by atoms with E-state index in [0.717, 1.165) is 44.5 Å². The predicted octanol–water partition coefficient (Wildman–Crippen LogP) is 3.88. The van der Waals surface area contributed by atoms with E-state index >= 15 is 0 Å². The van der Waals surface area contributed by atoms with E-state index in [1.807, 2.05) is 37.8 Å². The maximum atomic E-state index is 12.3. The van der Waals surface area contributed by atoms with Crippen molar-refractivity contribution in [2.75, 3.05) is 39.9 Å². The van der Waals surface area contributed by atoms with Crippen molar-refractivity contribution in [2.45, 2.75) is 64.0 Å². The van der Waals surface area contributed by atoms with Gasteiger partial charge in [-0.05, 0) is 89.1 Å². The number of ether oxygens (including phenoxy) is 2. The molecular formula is C24H38N2O4. The topological polar surface area (TPSA) is 62.2 Å². The Morgan fingerprint density at radius 2 is 1.67 bits per heavy atom. The number of hydrogen-bond donors (Lipinski definition) is 1. The Kier molecular flexibility index (Phi) is 7.64. The van der Waals surface area contributed by atoms with Crippen LogP contribution in [0.2, 0.25) is 0 Å². The van der Waals surface area contributed by atoms with Crippen LogP contribution in [-0.4, -0.2) is 72.5 Å².